The number of aryl methyl sites for hydroxylation is 1. The molecule has 1 saturated heterocycles. The number of nitrogens with one attached hydrogen (secondary N) is 1. The molecule has 0 spiro atoms. The molecular weight excluding hydrogens is 437 g/mol. The summed E-state index contributed by atoms with van der Waals surface area (Å²) in [5.74, 6) is -3.17. The molecule has 1 aromatic rings. The van der Waals surface area contributed by atoms with E-state index in [0.717, 1.165) is 11.3 Å². The number of amides is 2. The number of allylic oxidation sites excluding steroid dienone is 1. The van der Waals surface area contributed by atoms with E-state index >= 15 is 0 Å². The minimum Gasteiger partial charge on any atom is -0.376 e. The highest BCUT2D eigenvalue weighted by Gasteiger charge is 2.71. The molecule has 6 nitrogen and oxygen atoms in total. The molecule has 33 heavy (non-hydrogen) atoms. The molecular formula is C24H27F3N2O4. The number of hydrogen-bond acceptors (Lipinski definition) is 4. The van der Waals surface area contributed by atoms with Gasteiger partial charge >= 0.3 is 6.18 Å². The normalized spacial score (nSPS) is 27.2. The maximum Gasteiger partial charge on any atom is 0.425 e. The first kappa shape index (κ1) is 23.5. The van der Waals surface area contributed by atoms with E-state index in [4.69, 9.17) is 4.74 Å². The fourth-order valence-electron chi connectivity index (χ4n) is 5.08. The zero-order chi connectivity index (χ0) is 24.2. The van der Waals surface area contributed by atoms with Crippen molar-refractivity contribution >= 4 is 17.6 Å². The van der Waals surface area contributed by atoms with Gasteiger partial charge in [-0.05, 0) is 43.2 Å². The molecule has 1 fully saturated rings. The molecule has 1 aliphatic carbocycles. The molecule has 3 aliphatic rings. The zero-order valence-corrected chi connectivity index (χ0v) is 18.8. The van der Waals surface area contributed by atoms with Crippen molar-refractivity contribution < 1.29 is 32.3 Å². The Morgan fingerprint density at radius 2 is 1.91 bits per heavy atom. The number of hydrogen-bond donors (Lipinski definition) is 1. The van der Waals surface area contributed by atoms with Crippen molar-refractivity contribution in [1.29, 1.82) is 0 Å². The lowest BCUT2D eigenvalue weighted by molar-refractivity contribution is -0.191. The van der Waals surface area contributed by atoms with Crippen molar-refractivity contribution in [3.05, 3.63) is 46.7 Å². The monoisotopic (exact) mass is 464 g/mol. The molecule has 2 amide bonds. The molecule has 178 valence electrons. The molecule has 4 rings (SSSR count). The fourth-order valence-corrected chi connectivity index (χ4v) is 5.08. The first-order chi connectivity index (χ1) is 15.4. The maximum atomic E-state index is 14.8. The van der Waals surface area contributed by atoms with Crippen LogP contribution in [-0.4, -0.2) is 53.5 Å². The number of nitrogens with zero attached hydrogens (tertiary/aromatic N) is 1. The van der Waals surface area contributed by atoms with E-state index in [2.05, 4.69) is 0 Å². The third kappa shape index (κ3) is 3.86. The van der Waals surface area contributed by atoms with E-state index < -0.39 is 46.4 Å². The van der Waals surface area contributed by atoms with Crippen LogP contribution in [0.5, 0.6) is 0 Å². The third-order valence-electron chi connectivity index (χ3n) is 6.65. The van der Waals surface area contributed by atoms with E-state index in [-0.39, 0.29) is 30.6 Å². The average Bonchev–Trinajstić information content (AvgIpc) is 3.28. The Balaban J connectivity index is 1.85. The molecule has 0 bridgehead atoms. The molecule has 0 radical (unpaired) electrons. The number of ether oxygens (including phenoxy) is 1. The standard InChI is InChI=1S/C24H27F3N2O4/c1-14-7-4-5-9-16(14)20(31)28-23(24(25,26)27)19-17(11-22(2,3)12-18(19)30)29(21(23)32)13-15-8-6-10-33-15/h4-5,7,9,15H,6,8,10-13H2,1-3H3,(H,28,31)/t15-,23+/m1/s1. The molecule has 9 heteroatoms. The lowest BCUT2D eigenvalue weighted by Gasteiger charge is -2.35. The van der Waals surface area contributed by atoms with E-state index in [1.54, 1.807) is 32.9 Å². The Bertz CT molecular complexity index is 1040. The minimum absolute atomic E-state index is 0.0113. The number of Topliss-reactive ketones (excluding diaryl/α,β-unsaturated/α-hetero) is 1. The fraction of sp³-hybridized carbons (Fsp3) is 0.542. The van der Waals surface area contributed by atoms with E-state index in [9.17, 15) is 27.6 Å². The SMILES string of the molecule is Cc1ccccc1C(=O)N[C@]1(C(F)(F)F)C(=O)N(C[C@H]2CCCO2)C2=C1C(=O)CC(C)(C)C2. The summed E-state index contributed by atoms with van der Waals surface area (Å²) in [5, 5.41) is 1.98. The third-order valence-corrected chi connectivity index (χ3v) is 6.65. The maximum absolute atomic E-state index is 14.8. The summed E-state index contributed by atoms with van der Waals surface area (Å²) in [4.78, 5) is 40.8. The number of ketones is 1. The summed E-state index contributed by atoms with van der Waals surface area (Å²) in [7, 11) is 0. The molecule has 2 aliphatic heterocycles. The first-order valence-electron chi connectivity index (χ1n) is 11.0. The second kappa shape index (κ2) is 7.97. The van der Waals surface area contributed by atoms with Crippen LogP contribution in [0.4, 0.5) is 13.2 Å². The van der Waals surface area contributed by atoms with Crippen LogP contribution in [0.15, 0.2) is 35.5 Å². The summed E-state index contributed by atoms with van der Waals surface area (Å²) >= 11 is 0. The molecule has 2 atom stereocenters. The highest BCUT2D eigenvalue weighted by molar-refractivity contribution is 6.14. The van der Waals surface area contributed by atoms with Crippen LogP contribution in [0, 0.1) is 12.3 Å². The van der Waals surface area contributed by atoms with Crippen molar-refractivity contribution in [3.63, 3.8) is 0 Å². The van der Waals surface area contributed by atoms with Crippen LogP contribution in [0.25, 0.3) is 0 Å². The van der Waals surface area contributed by atoms with Gasteiger partial charge in [0.1, 0.15) is 0 Å². The van der Waals surface area contributed by atoms with Gasteiger partial charge in [-0.3, -0.25) is 14.4 Å². The van der Waals surface area contributed by atoms with Crippen molar-refractivity contribution in [2.75, 3.05) is 13.2 Å². The number of halogens is 3. The quantitative estimate of drug-likeness (QED) is 0.738. The van der Waals surface area contributed by atoms with Crippen LogP contribution >= 0.6 is 0 Å². The first-order valence-corrected chi connectivity index (χ1v) is 11.0. The second-order valence-electron chi connectivity index (χ2n) is 9.83. The van der Waals surface area contributed by atoms with Crippen LogP contribution in [-0.2, 0) is 14.3 Å². The van der Waals surface area contributed by atoms with Gasteiger partial charge in [0, 0.05) is 24.3 Å². The number of carbonyl (C=O) groups is 3. The van der Waals surface area contributed by atoms with Crippen molar-refractivity contribution in [1.82, 2.24) is 10.2 Å². The highest BCUT2D eigenvalue weighted by atomic mass is 19.4. The van der Waals surface area contributed by atoms with Gasteiger partial charge in [-0.2, -0.15) is 13.2 Å². The number of rotatable bonds is 4. The van der Waals surface area contributed by atoms with Crippen LogP contribution in [0.2, 0.25) is 0 Å². The summed E-state index contributed by atoms with van der Waals surface area (Å²) in [6.45, 7) is 5.54. The Morgan fingerprint density at radius 1 is 1.21 bits per heavy atom. The lowest BCUT2D eigenvalue weighted by atomic mass is 9.72. The predicted octanol–water partition coefficient (Wildman–Crippen LogP) is 3.69. The summed E-state index contributed by atoms with van der Waals surface area (Å²) < 4.78 is 49.9. The molecule has 0 unspecified atom stereocenters. The van der Waals surface area contributed by atoms with Crippen molar-refractivity contribution in [3.8, 4) is 0 Å². The summed E-state index contributed by atoms with van der Waals surface area (Å²) in [5.41, 5.74) is -4.18. The Kier molecular flexibility index (Phi) is 5.67. The van der Waals surface area contributed by atoms with Gasteiger partial charge in [0.05, 0.1) is 18.2 Å². The lowest BCUT2D eigenvalue weighted by Crippen LogP contribution is -2.66. The van der Waals surface area contributed by atoms with Gasteiger partial charge in [0.25, 0.3) is 11.8 Å². The number of alkyl halides is 3. The van der Waals surface area contributed by atoms with Gasteiger partial charge in [-0.1, -0.05) is 32.0 Å². The Morgan fingerprint density at radius 3 is 2.52 bits per heavy atom. The molecule has 1 N–H and O–H groups in total. The van der Waals surface area contributed by atoms with E-state index in [0.29, 0.717) is 18.6 Å². The zero-order valence-electron chi connectivity index (χ0n) is 18.8. The van der Waals surface area contributed by atoms with Gasteiger partial charge in [0.2, 0.25) is 5.54 Å². The van der Waals surface area contributed by atoms with Gasteiger partial charge in [-0.15, -0.1) is 0 Å². The Labute approximate surface area is 190 Å². The van der Waals surface area contributed by atoms with Crippen LogP contribution in [0.1, 0.15) is 55.5 Å². The van der Waals surface area contributed by atoms with Crippen molar-refractivity contribution in [2.24, 2.45) is 5.41 Å². The number of carbonyl (C=O) groups excluding carboxylic acids is 3. The average molecular weight is 464 g/mol. The molecule has 0 saturated carbocycles. The smallest absolute Gasteiger partial charge is 0.376 e. The molecule has 0 aromatic heterocycles. The number of benzene rings is 1. The molecule has 1 aromatic carbocycles. The highest BCUT2D eigenvalue weighted by Crippen LogP contribution is 2.52. The van der Waals surface area contributed by atoms with Gasteiger partial charge in [-0.25, -0.2) is 0 Å². The summed E-state index contributed by atoms with van der Waals surface area (Å²) in [6.07, 6.45) is -4.31. The minimum atomic E-state index is -5.22. The van der Waals surface area contributed by atoms with Crippen LogP contribution in [0.3, 0.4) is 0 Å². The predicted molar refractivity (Wildman–Crippen MR) is 113 cm³/mol. The topological polar surface area (TPSA) is 75.7 Å². The van der Waals surface area contributed by atoms with Crippen molar-refractivity contribution in [2.45, 2.75) is 64.3 Å². The largest absolute Gasteiger partial charge is 0.425 e. The molecule has 2 heterocycles. The van der Waals surface area contributed by atoms with Crippen LogP contribution < -0.4 is 5.32 Å². The Hall–Kier alpha value is -2.68. The van der Waals surface area contributed by atoms with Gasteiger partial charge < -0.3 is 15.0 Å². The second-order valence-corrected chi connectivity index (χ2v) is 9.83. The van der Waals surface area contributed by atoms with E-state index in [1.807, 2.05) is 5.32 Å². The van der Waals surface area contributed by atoms with E-state index in [1.165, 1.54) is 12.1 Å². The van der Waals surface area contributed by atoms with Gasteiger partial charge in [0.15, 0.2) is 5.78 Å². The summed E-state index contributed by atoms with van der Waals surface area (Å²) in [6, 6.07) is 6.16.